The molecule has 1 saturated carbocycles. The van der Waals surface area contributed by atoms with Gasteiger partial charge in [-0.25, -0.2) is 0 Å². The first-order chi connectivity index (χ1) is 9.57. The lowest BCUT2D eigenvalue weighted by Crippen LogP contribution is -2.36. The third-order valence-corrected chi connectivity index (χ3v) is 4.93. The lowest BCUT2D eigenvalue weighted by atomic mass is 9.97. The van der Waals surface area contributed by atoms with Crippen molar-refractivity contribution in [1.82, 2.24) is 5.32 Å². The Morgan fingerprint density at radius 1 is 1.40 bits per heavy atom. The van der Waals surface area contributed by atoms with Gasteiger partial charge < -0.3 is 10.4 Å². The van der Waals surface area contributed by atoms with E-state index in [1.54, 1.807) is 0 Å². The van der Waals surface area contributed by atoms with Gasteiger partial charge in [-0.3, -0.25) is 4.79 Å². The van der Waals surface area contributed by atoms with E-state index < -0.39 is 5.60 Å². The predicted octanol–water partition coefficient (Wildman–Crippen LogP) is 3.14. The van der Waals surface area contributed by atoms with E-state index in [1.807, 2.05) is 18.2 Å². The van der Waals surface area contributed by atoms with Crippen molar-refractivity contribution in [1.29, 1.82) is 0 Å². The number of rotatable bonds is 3. The molecule has 0 aliphatic heterocycles. The fourth-order valence-corrected chi connectivity index (χ4v) is 3.79. The van der Waals surface area contributed by atoms with Crippen LogP contribution in [0.5, 0.6) is 0 Å². The van der Waals surface area contributed by atoms with Crippen LogP contribution >= 0.6 is 11.6 Å². The monoisotopic (exact) mass is 293 g/mol. The normalized spacial score (nSPS) is 23.6. The first kappa shape index (κ1) is 13.9. The van der Waals surface area contributed by atoms with Gasteiger partial charge in [-0.05, 0) is 42.9 Å². The van der Waals surface area contributed by atoms with Crippen LogP contribution in [0.2, 0.25) is 5.02 Å². The molecule has 1 amide bonds. The number of benzene rings is 1. The van der Waals surface area contributed by atoms with Crippen molar-refractivity contribution in [2.24, 2.45) is 0 Å². The van der Waals surface area contributed by atoms with Crippen LogP contribution in [-0.2, 0) is 11.2 Å². The van der Waals surface area contributed by atoms with Crippen LogP contribution in [0, 0.1) is 0 Å². The summed E-state index contributed by atoms with van der Waals surface area (Å²) in [5.41, 5.74) is 1.50. The van der Waals surface area contributed by atoms with E-state index in [4.69, 9.17) is 11.6 Å². The second-order valence-electron chi connectivity index (χ2n) is 6.07. The van der Waals surface area contributed by atoms with E-state index in [-0.39, 0.29) is 18.4 Å². The van der Waals surface area contributed by atoms with Gasteiger partial charge >= 0.3 is 0 Å². The van der Waals surface area contributed by atoms with Crippen molar-refractivity contribution in [3.05, 3.63) is 34.3 Å². The molecule has 1 aromatic carbocycles. The van der Waals surface area contributed by atoms with Gasteiger partial charge in [0, 0.05) is 5.02 Å². The van der Waals surface area contributed by atoms with E-state index in [9.17, 15) is 9.90 Å². The number of fused-ring (bicyclic) bond motifs is 1. The smallest absolute Gasteiger partial charge is 0.223 e. The van der Waals surface area contributed by atoms with Gasteiger partial charge in [-0.15, -0.1) is 0 Å². The average molecular weight is 294 g/mol. The Morgan fingerprint density at radius 2 is 2.15 bits per heavy atom. The Balaban J connectivity index is 1.65. The van der Waals surface area contributed by atoms with E-state index in [0.717, 1.165) is 54.7 Å². The molecule has 1 aromatic rings. The molecule has 0 heterocycles. The molecule has 1 fully saturated rings. The van der Waals surface area contributed by atoms with Crippen molar-refractivity contribution < 1.29 is 9.90 Å². The zero-order valence-electron chi connectivity index (χ0n) is 11.5. The molecule has 2 N–H and O–H groups in total. The second-order valence-corrected chi connectivity index (χ2v) is 6.48. The van der Waals surface area contributed by atoms with Gasteiger partial charge in [-0.2, -0.15) is 0 Å². The van der Waals surface area contributed by atoms with Crippen LogP contribution in [-0.4, -0.2) is 16.6 Å². The summed E-state index contributed by atoms with van der Waals surface area (Å²) in [5.74, 6) is -0.0489. The molecule has 2 aliphatic rings. The number of aliphatic hydroxyl groups is 1. The largest absolute Gasteiger partial charge is 0.389 e. The molecule has 0 bridgehead atoms. The van der Waals surface area contributed by atoms with Gasteiger partial charge in [0.05, 0.1) is 18.1 Å². The van der Waals surface area contributed by atoms with Crippen LogP contribution < -0.4 is 5.32 Å². The maximum Gasteiger partial charge on any atom is 0.223 e. The zero-order chi connectivity index (χ0) is 14.2. The van der Waals surface area contributed by atoms with Crippen LogP contribution in [0.15, 0.2) is 18.2 Å². The third-order valence-electron chi connectivity index (χ3n) is 4.57. The highest BCUT2D eigenvalue weighted by Crippen LogP contribution is 2.36. The molecule has 3 rings (SSSR count). The van der Waals surface area contributed by atoms with E-state index >= 15 is 0 Å². The minimum absolute atomic E-state index is 0.0428. The molecule has 0 spiro atoms. The first-order valence-corrected chi connectivity index (χ1v) is 7.74. The summed E-state index contributed by atoms with van der Waals surface area (Å²) in [7, 11) is 0. The summed E-state index contributed by atoms with van der Waals surface area (Å²) in [4.78, 5) is 12.2. The first-order valence-electron chi connectivity index (χ1n) is 7.36. The Morgan fingerprint density at radius 3 is 2.90 bits per heavy atom. The minimum atomic E-state index is -0.778. The molecule has 0 radical (unpaired) electrons. The SMILES string of the molecule is O=C(CC1(O)CCCC1)NC1CCc2c(Cl)cccc21. The molecule has 0 aromatic heterocycles. The Labute approximate surface area is 124 Å². The summed E-state index contributed by atoms with van der Waals surface area (Å²) in [5, 5.41) is 14.1. The summed E-state index contributed by atoms with van der Waals surface area (Å²) < 4.78 is 0. The van der Waals surface area contributed by atoms with Crippen molar-refractivity contribution in [3.8, 4) is 0 Å². The molecule has 1 atom stereocenters. The quantitative estimate of drug-likeness (QED) is 0.899. The Kier molecular flexibility index (Phi) is 3.74. The molecule has 108 valence electrons. The van der Waals surface area contributed by atoms with E-state index in [1.165, 1.54) is 0 Å². The summed E-state index contributed by atoms with van der Waals surface area (Å²) in [6, 6.07) is 5.90. The van der Waals surface area contributed by atoms with E-state index in [2.05, 4.69) is 5.32 Å². The van der Waals surface area contributed by atoms with Gasteiger partial charge in [0.2, 0.25) is 5.91 Å². The number of amides is 1. The molecule has 2 aliphatic carbocycles. The van der Waals surface area contributed by atoms with Crippen molar-refractivity contribution >= 4 is 17.5 Å². The maximum atomic E-state index is 12.2. The lowest BCUT2D eigenvalue weighted by Gasteiger charge is -2.23. The van der Waals surface area contributed by atoms with Crippen LogP contribution in [0.25, 0.3) is 0 Å². The molecular weight excluding hydrogens is 274 g/mol. The van der Waals surface area contributed by atoms with E-state index in [0.29, 0.717) is 0 Å². The van der Waals surface area contributed by atoms with Gasteiger partial charge in [0.25, 0.3) is 0 Å². The average Bonchev–Trinajstić information content (AvgIpc) is 2.98. The molecular formula is C16H20ClNO2. The number of halogens is 1. The van der Waals surface area contributed by atoms with Gasteiger partial charge in [-0.1, -0.05) is 36.6 Å². The minimum Gasteiger partial charge on any atom is -0.389 e. The number of carbonyl (C=O) groups is 1. The summed E-state index contributed by atoms with van der Waals surface area (Å²) in [6.07, 6.45) is 5.55. The number of nitrogens with one attached hydrogen (secondary N) is 1. The summed E-state index contributed by atoms with van der Waals surface area (Å²) >= 11 is 6.18. The second kappa shape index (κ2) is 5.38. The van der Waals surface area contributed by atoms with Crippen molar-refractivity contribution in [3.63, 3.8) is 0 Å². The highest BCUT2D eigenvalue weighted by Gasteiger charge is 2.34. The van der Waals surface area contributed by atoms with Crippen LogP contribution in [0.1, 0.15) is 55.7 Å². The molecule has 20 heavy (non-hydrogen) atoms. The predicted molar refractivity (Wildman–Crippen MR) is 78.7 cm³/mol. The third kappa shape index (κ3) is 2.70. The van der Waals surface area contributed by atoms with Crippen LogP contribution in [0.4, 0.5) is 0 Å². The molecule has 4 heteroatoms. The molecule has 1 unspecified atom stereocenters. The Bertz CT molecular complexity index is 523. The number of hydrogen-bond acceptors (Lipinski definition) is 2. The standard InChI is InChI=1S/C16H20ClNO2/c17-13-5-3-4-12-11(13)6-7-14(12)18-15(19)10-16(20)8-1-2-9-16/h3-5,14,20H,1-2,6-10H2,(H,18,19). The number of carbonyl (C=O) groups excluding carboxylic acids is 1. The number of hydrogen-bond donors (Lipinski definition) is 2. The molecule has 0 saturated heterocycles. The summed E-state index contributed by atoms with van der Waals surface area (Å²) in [6.45, 7) is 0. The van der Waals surface area contributed by atoms with Crippen molar-refractivity contribution in [2.45, 2.75) is 56.6 Å². The fraction of sp³-hybridized carbons (Fsp3) is 0.562. The lowest BCUT2D eigenvalue weighted by molar-refractivity contribution is -0.126. The zero-order valence-corrected chi connectivity index (χ0v) is 12.2. The highest BCUT2D eigenvalue weighted by molar-refractivity contribution is 6.31. The van der Waals surface area contributed by atoms with Gasteiger partial charge in [0.1, 0.15) is 0 Å². The Hall–Kier alpha value is -1.06. The van der Waals surface area contributed by atoms with Crippen LogP contribution in [0.3, 0.4) is 0 Å². The van der Waals surface area contributed by atoms with Gasteiger partial charge in [0.15, 0.2) is 0 Å². The maximum absolute atomic E-state index is 12.2. The molecule has 3 nitrogen and oxygen atoms in total. The topological polar surface area (TPSA) is 49.3 Å². The highest BCUT2D eigenvalue weighted by atomic mass is 35.5. The fourth-order valence-electron chi connectivity index (χ4n) is 3.51. The van der Waals surface area contributed by atoms with Crippen molar-refractivity contribution in [2.75, 3.05) is 0 Å².